The van der Waals surface area contributed by atoms with Gasteiger partial charge in [-0.25, -0.2) is 0 Å². The Bertz CT molecular complexity index is 368. The number of nitrogens with two attached hydrogens (primary N) is 1. The molecule has 1 fully saturated rings. The quantitative estimate of drug-likeness (QED) is 0.882. The fraction of sp³-hybridized carbons (Fsp3) is 0.625. The number of morpholine rings is 1. The van der Waals surface area contributed by atoms with Gasteiger partial charge in [0.1, 0.15) is 0 Å². The van der Waals surface area contributed by atoms with Crippen LogP contribution in [0.4, 0.5) is 0 Å². The number of rotatable bonds is 5. The van der Waals surface area contributed by atoms with Gasteiger partial charge in [0.2, 0.25) is 0 Å². The highest BCUT2D eigenvalue weighted by Gasteiger charge is 2.24. The normalized spacial score (nSPS) is 26.3. The van der Waals surface area contributed by atoms with Crippen molar-refractivity contribution in [3.63, 3.8) is 0 Å². The van der Waals surface area contributed by atoms with E-state index >= 15 is 0 Å². The third-order valence-electron chi connectivity index (χ3n) is 3.85. The Labute approximate surface area is 116 Å². The highest BCUT2D eigenvalue weighted by molar-refractivity contribution is 5.14. The van der Waals surface area contributed by atoms with Crippen molar-refractivity contribution in [2.75, 3.05) is 19.7 Å². The fourth-order valence-electron chi connectivity index (χ4n) is 2.62. The molecule has 3 nitrogen and oxygen atoms in total. The molecule has 106 valence electrons. The van der Waals surface area contributed by atoms with Crippen LogP contribution in [-0.2, 0) is 11.2 Å². The van der Waals surface area contributed by atoms with Crippen molar-refractivity contribution in [2.45, 2.75) is 44.9 Å². The maximum absolute atomic E-state index is 6.28. The Kier molecular flexibility index (Phi) is 5.37. The van der Waals surface area contributed by atoms with Gasteiger partial charge in [0, 0.05) is 25.2 Å². The summed E-state index contributed by atoms with van der Waals surface area (Å²) in [4.78, 5) is 2.46. The molecule has 3 atom stereocenters. The van der Waals surface area contributed by atoms with Crippen LogP contribution in [-0.4, -0.2) is 42.8 Å². The topological polar surface area (TPSA) is 38.5 Å². The molecule has 19 heavy (non-hydrogen) atoms. The van der Waals surface area contributed by atoms with Gasteiger partial charge in [0.05, 0.1) is 12.7 Å². The molecule has 1 heterocycles. The predicted octanol–water partition coefficient (Wildman–Crippen LogP) is 2.06. The van der Waals surface area contributed by atoms with Crippen molar-refractivity contribution < 1.29 is 4.74 Å². The number of nitrogens with zero attached hydrogens (tertiary/aromatic N) is 1. The summed E-state index contributed by atoms with van der Waals surface area (Å²) in [5.41, 5.74) is 7.65. The molecule has 0 bridgehead atoms. The van der Waals surface area contributed by atoms with Gasteiger partial charge in [-0.15, -0.1) is 0 Å². The zero-order valence-electron chi connectivity index (χ0n) is 12.1. The molecule has 1 aromatic rings. The van der Waals surface area contributed by atoms with Crippen molar-refractivity contribution in [3.8, 4) is 0 Å². The van der Waals surface area contributed by atoms with Gasteiger partial charge in [-0.3, -0.25) is 4.90 Å². The molecule has 1 aliphatic rings. The smallest absolute Gasteiger partial charge is 0.0674 e. The lowest BCUT2D eigenvalue weighted by Gasteiger charge is -2.38. The van der Waals surface area contributed by atoms with Gasteiger partial charge in [0.15, 0.2) is 0 Å². The Hall–Kier alpha value is -0.900. The summed E-state index contributed by atoms with van der Waals surface area (Å²) < 4.78 is 5.65. The maximum atomic E-state index is 6.28. The van der Waals surface area contributed by atoms with Crippen molar-refractivity contribution >= 4 is 0 Å². The first-order valence-electron chi connectivity index (χ1n) is 7.30. The molecule has 1 saturated heterocycles. The number of hydrogen-bond donors (Lipinski definition) is 1. The Morgan fingerprint density at radius 2 is 2.05 bits per heavy atom. The Balaban J connectivity index is 1.76. The minimum Gasteiger partial charge on any atom is -0.376 e. The summed E-state index contributed by atoms with van der Waals surface area (Å²) >= 11 is 0. The third-order valence-corrected chi connectivity index (χ3v) is 3.85. The molecule has 0 radical (unpaired) electrons. The van der Waals surface area contributed by atoms with Crippen LogP contribution >= 0.6 is 0 Å². The second-order valence-corrected chi connectivity index (χ2v) is 5.73. The summed E-state index contributed by atoms with van der Waals surface area (Å²) in [6.07, 6.45) is 2.44. The first kappa shape index (κ1) is 14.5. The van der Waals surface area contributed by atoms with E-state index in [0.717, 1.165) is 32.5 Å². The molecule has 0 saturated carbocycles. The van der Waals surface area contributed by atoms with Gasteiger partial charge in [-0.2, -0.15) is 0 Å². The number of benzene rings is 1. The molecule has 3 heteroatoms. The lowest BCUT2D eigenvalue weighted by Crippen LogP contribution is -2.51. The van der Waals surface area contributed by atoms with Crippen molar-refractivity contribution in [2.24, 2.45) is 5.73 Å². The van der Waals surface area contributed by atoms with Crippen LogP contribution in [0.25, 0.3) is 0 Å². The second kappa shape index (κ2) is 7.04. The second-order valence-electron chi connectivity index (χ2n) is 5.73. The molecule has 0 amide bonds. The monoisotopic (exact) mass is 262 g/mol. The first-order valence-corrected chi connectivity index (χ1v) is 7.30. The predicted molar refractivity (Wildman–Crippen MR) is 79.2 cm³/mol. The minimum atomic E-state index is 0.243. The number of aryl methyl sites for hydroxylation is 1. The highest BCUT2D eigenvalue weighted by atomic mass is 16.5. The average molecular weight is 262 g/mol. The van der Waals surface area contributed by atoms with Crippen molar-refractivity contribution in [3.05, 3.63) is 35.9 Å². The lowest BCUT2D eigenvalue weighted by atomic mass is 10.0. The van der Waals surface area contributed by atoms with E-state index in [4.69, 9.17) is 10.5 Å². The molecule has 3 unspecified atom stereocenters. The summed E-state index contributed by atoms with van der Waals surface area (Å²) in [5.74, 6) is 0. The number of hydrogen-bond acceptors (Lipinski definition) is 3. The zero-order valence-corrected chi connectivity index (χ0v) is 12.1. The van der Waals surface area contributed by atoms with E-state index in [0.29, 0.717) is 12.1 Å². The molecule has 1 aliphatic heterocycles. The molecule has 0 aromatic heterocycles. The lowest BCUT2D eigenvalue weighted by molar-refractivity contribution is -0.0511. The largest absolute Gasteiger partial charge is 0.376 e. The van der Waals surface area contributed by atoms with Crippen molar-refractivity contribution in [1.29, 1.82) is 0 Å². The van der Waals surface area contributed by atoms with E-state index in [9.17, 15) is 0 Å². The summed E-state index contributed by atoms with van der Waals surface area (Å²) in [7, 11) is 0. The molecule has 1 aromatic carbocycles. The highest BCUT2D eigenvalue weighted by Crippen LogP contribution is 2.13. The van der Waals surface area contributed by atoms with Crippen LogP contribution in [0.3, 0.4) is 0 Å². The molecule has 2 rings (SSSR count). The van der Waals surface area contributed by atoms with Gasteiger partial charge in [-0.05, 0) is 32.3 Å². The van der Waals surface area contributed by atoms with E-state index in [2.05, 4.69) is 49.1 Å². The van der Waals surface area contributed by atoms with Crippen LogP contribution in [0.2, 0.25) is 0 Å². The SMILES string of the molecule is CC1CN(CC(N)CCc2ccccc2)C(C)CO1. The van der Waals surface area contributed by atoms with E-state index in [1.165, 1.54) is 5.56 Å². The molecular weight excluding hydrogens is 236 g/mol. The van der Waals surface area contributed by atoms with E-state index in [1.54, 1.807) is 0 Å². The van der Waals surface area contributed by atoms with Crippen LogP contribution in [0.1, 0.15) is 25.8 Å². The standard InChI is InChI=1S/C16H26N2O/c1-13-12-19-14(2)10-18(13)11-16(17)9-8-15-6-4-3-5-7-15/h3-7,13-14,16H,8-12,17H2,1-2H3. The summed E-state index contributed by atoms with van der Waals surface area (Å²) in [6, 6.07) is 11.3. The van der Waals surface area contributed by atoms with Gasteiger partial charge in [0.25, 0.3) is 0 Å². The zero-order chi connectivity index (χ0) is 13.7. The van der Waals surface area contributed by atoms with Crippen molar-refractivity contribution in [1.82, 2.24) is 4.90 Å². The molecular formula is C16H26N2O. The van der Waals surface area contributed by atoms with Crippen LogP contribution in [0.5, 0.6) is 0 Å². The van der Waals surface area contributed by atoms with Crippen LogP contribution in [0, 0.1) is 0 Å². The van der Waals surface area contributed by atoms with E-state index in [1.807, 2.05) is 0 Å². The molecule has 2 N–H and O–H groups in total. The Morgan fingerprint density at radius 1 is 1.32 bits per heavy atom. The first-order chi connectivity index (χ1) is 9.15. The minimum absolute atomic E-state index is 0.243. The van der Waals surface area contributed by atoms with Gasteiger partial charge >= 0.3 is 0 Å². The molecule has 0 aliphatic carbocycles. The van der Waals surface area contributed by atoms with Gasteiger partial charge in [-0.1, -0.05) is 30.3 Å². The van der Waals surface area contributed by atoms with Gasteiger partial charge < -0.3 is 10.5 Å². The van der Waals surface area contributed by atoms with Crippen LogP contribution in [0.15, 0.2) is 30.3 Å². The third kappa shape index (κ3) is 4.60. The average Bonchev–Trinajstić information content (AvgIpc) is 2.42. The van der Waals surface area contributed by atoms with E-state index < -0.39 is 0 Å². The number of ether oxygens (including phenoxy) is 1. The van der Waals surface area contributed by atoms with Crippen LogP contribution < -0.4 is 5.73 Å². The maximum Gasteiger partial charge on any atom is 0.0674 e. The summed E-state index contributed by atoms with van der Waals surface area (Å²) in [6.45, 7) is 7.15. The summed E-state index contributed by atoms with van der Waals surface area (Å²) in [5, 5.41) is 0. The molecule has 0 spiro atoms. The Morgan fingerprint density at radius 3 is 2.79 bits per heavy atom. The van der Waals surface area contributed by atoms with E-state index in [-0.39, 0.29) is 6.04 Å². The fourth-order valence-corrected chi connectivity index (χ4v) is 2.62.